The van der Waals surface area contributed by atoms with Crippen LogP contribution in [0.25, 0.3) is 0 Å². The standard InChI is InChI=1S/C13H19N3O2/c1-9-4-3-5-12(10(9)2)15-11-6-7-13(14-8-11)16(17)18/h6-10,12,15H,3-5H2,1-2H3/t9-,10+,12-/m0/s1. The molecular weight excluding hydrogens is 230 g/mol. The Labute approximate surface area is 107 Å². The Bertz CT molecular complexity index is 419. The van der Waals surface area contributed by atoms with Gasteiger partial charge in [-0.3, -0.25) is 0 Å². The maximum atomic E-state index is 10.5. The molecular formula is C13H19N3O2. The maximum absolute atomic E-state index is 10.5. The van der Waals surface area contributed by atoms with E-state index in [1.807, 2.05) is 0 Å². The zero-order valence-corrected chi connectivity index (χ0v) is 10.8. The zero-order chi connectivity index (χ0) is 13.1. The Kier molecular flexibility index (Phi) is 3.79. The summed E-state index contributed by atoms with van der Waals surface area (Å²) in [6.07, 6.45) is 5.23. The highest BCUT2D eigenvalue weighted by Gasteiger charge is 2.27. The number of anilines is 1. The van der Waals surface area contributed by atoms with Gasteiger partial charge in [-0.25, -0.2) is 0 Å². The van der Waals surface area contributed by atoms with Crippen LogP contribution in [0.4, 0.5) is 11.5 Å². The van der Waals surface area contributed by atoms with Crippen LogP contribution in [-0.2, 0) is 0 Å². The van der Waals surface area contributed by atoms with Crippen molar-refractivity contribution in [3.63, 3.8) is 0 Å². The topological polar surface area (TPSA) is 68.1 Å². The van der Waals surface area contributed by atoms with Gasteiger partial charge in [0, 0.05) is 12.1 Å². The van der Waals surface area contributed by atoms with E-state index in [-0.39, 0.29) is 5.82 Å². The fourth-order valence-corrected chi connectivity index (χ4v) is 2.58. The Balaban J connectivity index is 2.02. The first-order valence-electron chi connectivity index (χ1n) is 6.45. The number of nitrogens with zero attached hydrogens (tertiary/aromatic N) is 2. The van der Waals surface area contributed by atoms with Crippen LogP contribution in [-0.4, -0.2) is 15.9 Å². The molecule has 1 aliphatic rings. The van der Waals surface area contributed by atoms with E-state index in [9.17, 15) is 10.1 Å². The summed E-state index contributed by atoms with van der Waals surface area (Å²) in [6.45, 7) is 4.55. The van der Waals surface area contributed by atoms with Gasteiger partial charge in [0.25, 0.3) is 0 Å². The van der Waals surface area contributed by atoms with E-state index >= 15 is 0 Å². The Hall–Kier alpha value is -1.65. The smallest absolute Gasteiger partial charge is 0.363 e. The minimum absolute atomic E-state index is 0.106. The lowest BCUT2D eigenvalue weighted by atomic mass is 9.78. The first-order valence-corrected chi connectivity index (χ1v) is 6.45. The molecule has 3 atom stereocenters. The molecule has 1 aliphatic carbocycles. The summed E-state index contributed by atoms with van der Waals surface area (Å²) < 4.78 is 0. The second-order valence-electron chi connectivity index (χ2n) is 5.18. The van der Waals surface area contributed by atoms with Gasteiger partial charge < -0.3 is 15.4 Å². The summed E-state index contributed by atoms with van der Waals surface area (Å²) in [5.74, 6) is 1.24. The number of nitrogens with one attached hydrogen (secondary N) is 1. The van der Waals surface area contributed by atoms with Crippen LogP contribution < -0.4 is 5.32 Å². The van der Waals surface area contributed by atoms with Crippen LogP contribution in [0, 0.1) is 22.0 Å². The molecule has 0 spiro atoms. The lowest BCUT2D eigenvalue weighted by Crippen LogP contribution is -2.35. The van der Waals surface area contributed by atoms with Gasteiger partial charge in [-0.1, -0.05) is 26.7 Å². The molecule has 0 unspecified atom stereocenters. The van der Waals surface area contributed by atoms with Crippen molar-refractivity contribution in [3.05, 3.63) is 28.4 Å². The van der Waals surface area contributed by atoms with Crippen molar-refractivity contribution >= 4 is 11.5 Å². The molecule has 5 heteroatoms. The van der Waals surface area contributed by atoms with E-state index in [1.54, 1.807) is 12.3 Å². The second kappa shape index (κ2) is 5.33. The average molecular weight is 249 g/mol. The average Bonchev–Trinajstić information content (AvgIpc) is 2.36. The van der Waals surface area contributed by atoms with E-state index < -0.39 is 4.92 Å². The van der Waals surface area contributed by atoms with Crippen molar-refractivity contribution in [2.24, 2.45) is 11.8 Å². The van der Waals surface area contributed by atoms with Crippen molar-refractivity contribution in [3.8, 4) is 0 Å². The predicted molar refractivity (Wildman–Crippen MR) is 70.5 cm³/mol. The highest BCUT2D eigenvalue weighted by Crippen LogP contribution is 2.31. The van der Waals surface area contributed by atoms with E-state index in [1.165, 1.54) is 18.9 Å². The van der Waals surface area contributed by atoms with Crippen LogP contribution in [0.1, 0.15) is 33.1 Å². The van der Waals surface area contributed by atoms with E-state index in [0.717, 1.165) is 18.0 Å². The van der Waals surface area contributed by atoms with Crippen LogP contribution >= 0.6 is 0 Å². The largest absolute Gasteiger partial charge is 0.379 e. The second-order valence-corrected chi connectivity index (χ2v) is 5.18. The highest BCUT2D eigenvalue weighted by atomic mass is 16.6. The maximum Gasteiger partial charge on any atom is 0.363 e. The molecule has 0 saturated heterocycles. The van der Waals surface area contributed by atoms with Crippen molar-refractivity contribution in [2.45, 2.75) is 39.2 Å². The summed E-state index contributed by atoms with van der Waals surface area (Å²) in [5.41, 5.74) is 0.867. The monoisotopic (exact) mass is 249 g/mol. The molecule has 0 radical (unpaired) electrons. The van der Waals surface area contributed by atoms with E-state index in [2.05, 4.69) is 24.1 Å². The lowest BCUT2D eigenvalue weighted by Gasteiger charge is -2.34. The van der Waals surface area contributed by atoms with Gasteiger partial charge in [0.2, 0.25) is 0 Å². The SMILES string of the molecule is C[C@H]1[C@@H](Nc2ccc([N+](=O)[O-])nc2)CCC[C@@H]1C. The molecule has 1 fully saturated rings. The van der Waals surface area contributed by atoms with Crippen molar-refractivity contribution < 1.29 is 4.92 Å². The fraction of sp³-hybridized carbons (Fsp3) is 0.615. The van der Waals surface area contributed by atoms with Crippen LogP contribution in [0.3, 0.4) is 0 Å². The molecule has 5 nitrogen and oxygen atoms in total. The normalized spacial score (nSPS) is 27.8. The molecule has 0 aromatic carbocycles. The molecule has 0 bridgehead atoms. The van der Waals surface area contributed by atoms with Gasteiger partial charge in [-0.15, -0.1) is 0 Å². The first kappa shape index (κ1) is 12.8. The van der Waals surface area contributed by atoms with Gasteiger partial charge in [-0.2, -0.15) is 0 Å². The molecule has 0 aliphatic heterocycles. The molecule has 1 aromatic rings. The Morgan fingerprint density at radius 1 is 1.39 bits per heavy atom. The minimum Gasteiger partial charge on any atom is -0.379 e. The molecule has 1 heterocycles. The quantitative estimate of drug-likeness (QED) is 0.659. The summed E-state index contributed by atoms with van der Waals surface area (Å²) in [6, 6.07) is 3.62. The molecule has 18 heavy (non-hydrogen) atoms. The number of pyridine rings is 1. The number of hydrogen-bond acceptors (Lipinski definition) is 4. The number of aromatic nitrogens is 1. The van der Waals surface area contributed by atoms with Crippen molar-refractivity contribution in [2.75, 3.05) is 5.32 Å². The summed E-state index contributed by atoms with van der Waals surface area (Å²) in [4.78, 5) is 13.9. The molecule has 98 valence electrons. The van der Waals surface area contributed by atoms with Gasteiger partial charge >= 0.3 is 5.82 Å². The fourth-order valence-electron chi connectivity index (χ4n) is 2.58. The Morgan fingerprint density at radius 3 is 2.78 bits per heavy atom. The predicted octanol–water partition coefficient (Wildman–Crippen LogP) is 3.23. The first-order chi connectivity index (χ1) is 8.58. The third-order valence-electron chi connectivity index (χ3n) is 3.99. The molecule has 1 N–H and O–H groups in total. The van der Waals surface area contributed by atoms with Gasteiger partial charge in [0.05, 0.1) is 5.69 Å². The number of rotatable bonds is 3. The number of hydrogen-bond donors (Lipinski definition) is 1. The Morgan fingerprint density at radius 2 is 2.17 bits per heavy atom. The lowest BCUT2D eigenvalue weighted by molar-refractivity contribution is -0.389. The van der Waals surface area contributed by atoms with Gasteiger partial charge in [0.1, 0.15) is 0 Å². The number of nitro groups is 1. The van der Waals surface area contributed by atoms with E-state index in [0.29, 0.717) is 12.0 Å². The highest BCUT2D eigenvalue weighted by molar-refractivity contribution is 5.44. The molecule has 0 amide bonds. The van der Waals surface area contributed by atoms with Crippen LogP contribution in [0.15, 0.2) is 18.3 Å². The van der Waals surface area contributed by atoms with Crippen molar-refractivity contribution in [1.29, 1.82) is 0 Å². The molecule has 2 rings (SSSR count). The van der Waals surface area contributed by atoms with Crippen molar-refractivity contribution in [1.82, 2.24) is 4.98 Å². The summed E-state index contributed by atoms with van der Waals surface area (Å²) in [5, 5.41) is 14.0. The molecule has 1 aromatic heterocycles. The van der Waals surface area contributed by atoms with Gasteiger partial charge in [0.15, 0.2) is 6.20 Å². The zero-order valence-electron chi connectivity index (χ0n) is 10.8. The summed E-state index contributed by atoms with van der Waals surface area (Å²) >= 11 is 0. The molecule has 1 saturated carbocycles. The van der Waals surface area contributed by atoms with Crippen LogP contribution in [0.2, 0.25) is 0 Å². The van der Waals surface area contributed by atoms with Gasteiger partial charge in [-0.05, 0) is 34.2 Å². The van der Waals surface area contributed by atoms with Crippen LogP contribution in [0.5, 0.6) is 0 Å². The minimum atomic E-state index is -0.477. The third kappa shape index (κ3) is 2.78. The third-order valence-corrected chi connectivity index (χ3v) is 3.99. The van der Waals surface area contributed by atoms with E-state index in [4.69, 9.17) is 0 Å². The summed E-state index contributed by atoms with van der Waals surface area (Å²) in [7, 11) is 0.